The van der Waals surface area contributed by atoms with Gasteiger partial charge in [0.1, 0.15) is 12.4 Å². The minimum Gasteiger partial charge on any atom is -0.462 e. The van der Waals surface area contributed by atoms with Crippen molar-refractivity contribution >= 4 is 11.9 Å². The molecule has 8 heteroatoms. The van der Waals surface area contributed by atoms with Crippen molar-refractivity contribution in [1.82, 2.24) is 0 Å². The molecule has 0 amide bonds. The summed E-state index contributed by atoms with van der Waals surface area (Å²) in [6.07, 6.45) is 6.97. The number of unbranched alkanes of at least 4 members (excludes halogenated alkanes) is 9. The number of rotatable bonds is 16. The Balaban J connectivity index is 1.73. The van der Waals surface area contributed by atoms with E-state index in [1.165, 1.54) is 69.2 Å². The van der Waals surface area contributed by atoms with E-state index in [1.54, 1.807) is 12.1 Å². The minimum absolute atomic E-state index is 0.0718. The van der Waals surface area contributed by atoms with Gasteiger partial charge in [0.2, 0.25) is 0 Å². The number of ether oxygens (including phenoxy) is 3. The zero-order valence-electron chi connectivity index (χ0n) is 20.8. The van der Waals surface area contributed by atoms with Gasteiger partial charge in [0.25, 0.3) is 0 Å². The summed E-state index contributed by atoms with van der Waals surface area (Å²) in [6.45, 7) is 2.32. The molecule has 0 aliphatic carbocycles. The van der Waals surface area contributed by atoms with Gasteiger partial charge < -0.3 is 14.2 Å². The molecule has 0 unspecified atom stereocenters. The van der Waals surface area contributed by atoms with Crippen molar-refractivity contribution in [1.29, 1.82) is 0 Å². The van der Waals surface area contributed by atoms with Crippen molar-refractivity contribution in [3.8, 4) is 5.75 Å². The van der Waals surface area contributed by atoms with Crippen LogP contribution in [0.15, 0.2) is 48.5 Å². The smallest absolute Gasteiger partial charge is 0.462 e. The zero-order valence-corrected chi connectivity index (χ0v) is 20.8. The Kier molecular flexibility index (Phi) is 12.9. The maximum absolute atomic E-state index is 12.6. The number of hydrogen-bond acceptors (Lipinski definition) is 5. The van der Waals surface area contributed by atoms with Gasteiger partial charge in [-0.05, 0) is 36.2 Å². The van der Waals surface area contributed by atoms with Crippen molar-refractivity contribution in [3.63, 3.8) is 0 Å². The molecule has 198 valence electrons. The van der Waals surface area contributed by atoms with Crippen LogP contribution < -0.4 is 4.74 Å². The summed E-state index contributed by atoms with van der Waals surface area (Å²) in [5.74, 6) is -1.68. The normalized spacial score (nSPS) is 11.2. The average molecular weight is 509 g/mol. The van der Waals surface area contributed by atoms with Crippen molar-refractivity contribution in [2.75, 3.05) is 6.61 Å². The number of carbonyl (C=O) groups is 2. The summed E-state index contributed by atoms with van der Waals surface area (Å²) in [4.78, 5) is 25.1. The second-order valence-corrected chi connectivity index (χ2v) is 8.63. The molecule has 0 aliphatic heterocycles. The Morgan fingerprint density at radius 1 is 0.694 bits per heavy atom. The predicted octanol–water partition coefficient (Wildman–Crippen LogP) is 8.02. The number of alkyl halides is 3. The first-order chi connectivity index (χ1) is 17.3. The molecule has 0 radical (unpaired) electrons. The van der Waals surface area contributed by atoms with E-state index < -0.39 is 18.3 Å². The molecule has 2 rings (SSSR count). The Morgan fingerprint density at radius 2 is 1.19 bits per heavy atom. The molecule has 0 bridgehead atoms. The minimum atomic E-state index is -4.78. The van der Waals surface area contributed by atoms with E-state index in [0.29, 0.717) is 5.56 Å². The maximum atomic E-state index is 12.6. The maximum Gasteiger partial charge on any atom is 0.573 e. The molecular formula is C28H35F3O5. The molecule has 0 atom stereocenters. The third-order valence-electron chi connectivity index (χ3n) is 5.62. The van der Waals surface area contributed by atoms with Crippen molar-refractivity contribution in [2.45, 2.75) is 84.1 Å². The second kappa shape index (κ2) is 15.9. The molecule has 0 saturated heterocycles. The first-order valence-electron chi connectivity index (χ1n) is 12.6. The lowest BCUT2D eigenvalue weighted by atomic mass is 10.1. The summed E-state index contributed by atoms with van der Waals surface area (Å²) in [5.41, 5.74) is 0.657. The molecule has 2 aromatic rings. The van der Waals surface area contributed by atoms with Crippen LogP contribution >= 0.6 is 0 Å². The summed E-state index contributed by atoms with van der Waals surface area (Å²) in [6, 6.07) is 11.2. The van der Waals surface area contributed by atoms with E-state index >= 15 is 0 Å². The quantitative estimate of drug-likeness (QED) is 0.170. The summed E-state index contributed by atoms with van der Waals surface area (Å²) in [5, 5.41) is 0. The largest absolute Gasteiger partial charge is 0.573 e. The Morgan fingerprint density at radius 3 is 1.72 bits per heavy atom. The van der Waals surface area contributed by atoms with Crippen LogP contribution in [0.25, 0.3) is 0 Å². The van der Waals surface area contributed by atoms with Crippen LogP contribution in [0.4, 0.5) is 13.2 Å². The van der Waals surface area contributed by atoms with Crippen LogP contribution in [0.5, 0.6) is 5.75 Å². The monoisotopic (exact) mass is 508 g/mol. The van der Waals surface area contributed by atoms with Crippen molar-refractivity contribution < 1.29 is 37.0 Å². The number of halogens is 3. The highest BCUT2D eigenvalue weighted by Gasteiger charge is 2.31. The highest BCUT2D eigenvalue weighted by molar-refractivity contribution is 6.03. The molecule has 2 aromatic carbocycles. The lowest BCUT2D eigenvalue weighted by Gasteiger charge is -2.11. The van der Waals surface area contributed by atoms with Crippen LogP contribution in [-0.4, -0.2) is 24.9 Å². The highest BCUT2D eigenvalue weighted by Crippen LogP contribution is 2.23. The van der Waals surface area contributed by atoms with Crippen LogP contribution in [-0.2, 0) is 16.1 Å². The van der Waals surface area contributed by atoms with Gasteiger partial charge in [-0.2, -0.15) is 0 Å². The van der Waals surface area contributed by atoms with Gasteiger partial charge in [0.05, 0.1) is 17.7 Å². The molecule has 36 heavy (non-hydrogen) atoms. The van der Waals surface area contributed by atoms with Gasteiger partial charge in [0.15, 0.2) is 0 Å². The summed E-state index contributed by atoms with van der Waals surface area (Å²) in [7, 11) is 0. The molecule has 0 N–H and O–H groups in total. The van der Waals surface area contributed by atoms with Gasteiger partial charge in [0, 0.05) is 0 Å². The van der Waals surface area contributed by atoms with E-state index in [2.05, 4.69) is 11.7 Å². The number of hydrogen-bond donors (Lipinski definition) is 0. The second-order valence-electron chi connectivity index (χ2n) is 8.63. The Labute approximate surface area is 210 Å². The average Bonchev–Trinajstić information content (AvgIpc) is 2.85. The van der Waals surface area contributed by atoms with Crippen LogP contribution in [0.3, 0.4) is 0 Å². The van der Waals surface area contributed by atoms with Gasteiger partial charge in [-0.3, -0.25) is 0 Å². The topological polar surface area (TPSA) is 61.8 Å². The first kappa shape index (κ1) is 29.2. The summed E-state index contributed by atoms with van der Waals surface area (Å²) < 4.78 is 51.2. The lowest BCUT2D eigenvalue weighted by molar-refractivity contribution is -0.274. The van der Waals surface area contributed by atoms with Gasteiger partial charge in [-0.1, -0.05) is 89.0 Å². The first-order valence-corrected chi connectivity index (χ1v) is 12.6. The number of carbonyl (C=O) groups excluding carboxylic acids is 2. The summed E-state index contributed by atoms with van der Waals surface area (Å²) >= 11 is 0. The third kappa shape index (κ3) is 11.6. The molecule has 0 saturated carbocycles. The fourth-order valence-corrected chi connectivity index (χ4v) is 3.69. The molecule has 0 heterocycles. The van der Waals surface area contributed by atoms with E-state index in [0.717, 1.165) is 31.4 Å². The molecule has 0 aliphatic rings. The Hall–Kier alpha value is -3.03. The van der Waals surface area contributed by atoms with Crippen LogP contribution in [0.1, 0.15) is 97.4 Å². The fraction of sp³-hybridized carbons (Fsp3) is 0.500. The molecule has 0 fully saturated rings. The van der Waals surface area contributed by atoms with Crippen LogP contribution in [0, 0.1) is 0 Å². The SMILES string of the molecule is CCCCCCCCCCCCOC(=O)c1ccccc1C(=O)OCc1ccc(OC(F)(F)F)cc1. The highest BCUT2D eigenvalue weighted by atomic mass is 19.4. The van der Waals surface area contributed by atoms with Crippen LogP contribution in [0.2, 0.25) is 0 Å². The lowest BCUT2D eigenvalue weighted by Crippen LogP contribution is -2.17. The zero-order chi connectivity index (χ0) is 26.2. The molecule has 0 aromatic heterocycles. The molecule has 5 nitrogen and oxygen atoms in total. The van der Waals surface area contributed by atoms with Gasteiger partial charge >= 0.3 is 18.3 Å². The van der Waals surface area contributed by atoms with Crippen molar-refractivity contribution in [2.24, 2.45) is 0 Å². The Bertz CT molecular complexity index is 926. The number of benzene rings is 2. The standard InChI is InChI=1S/C28H35F3O5/c1-2-3-4-5-6-7-8-9-10-13-20-34-26(32)24-14-11-12-15-25(24)27(33)35-21-22-16-18-23(19-17-22)36-28(29,30)31/h11-12,14-19H,2-10,13,20-21H2,1H3. The molecule has 0 spiro atoms. The number of esters is 2. The fourth-order valence-electron chi connectivity index (χ4n) is 3.69. The van der Waals surface area contributed by atoms with Gasteiger partial charge in [-0.25, -0.2) is 9.59 Å². The van der Waals surface area contributed by atoms with E-state index in [4.69, 9.17) is 9.47 Å². The predicted molar refractivity (Wildman–Crippen MR) is 131 cm³/mol. The third-order valence-corrected chi connectivity index (χ3v) is 5.62. The van der Waals surface area contributed by atoms with E-state index in [9.17, 15) is 22.8 Å². The van der Waals surface area contributed by atoms with E-state index in [1.807, 2.05) is 0 Å². The van der Waals surface area contributed by atoms with Gasteiger partial charge in [-0.15, -0.1) is 13.2 Å². The van der Waals surface area contributed by atoms with Crippen molar-refractivity contribution in [3.05, 3.63) is 65.2 Å². The van der Waals surface area contributed by atoms with E-state index in [-0.39, 0.29) is 30.1 Å². The molecular weight excluding hydrogens is 473 g/mol.